The number of nitrogens with two attached hydrogens (primary N) is 1. The number of hydrogen-bond donors (Lipinski definition) is 1. The molecule has 1 fully saturated rings. The van der Waals surface area contributed by atoms with Crippen LogP contribution in [0, 0.1) is 0 Å². The summed E-state index contributed by atoms with van der Waals surface area (Å²) in [4.78, 5) is 6.71. The maximum atomic E-state index is 5.72. The van der Waals surface area contributed by atoms with Crippen LogP contribution in [0.25, 0.3) is 0 Å². The predicted molar refractivity (Wildman–Crippen MR) is 64.4 cm³/mol. The smallest absolute Gasteiger partial charge is 0.0772 e. The average molecular weight is 221 g/mol. The van der Waals surface area contributed by atoms with E-state index >= 15 is 0 Å². The molecule has 0 radical (unpaired) electrons. The molecule has 1 saturated heterocycles. The molecule has 2 rings (SSSR count). The van der Waals surface area contributed by atoms with Crippen LogP contribution in [0.15, 0.2) is 18.3 Å². The molecule has 1 unspecified atom stereocenters. The number of aromatic nitrogens is 1. The van der Waals surface area contributed by atoms with E-state index in [9.17, 15) is 0 Å². The first-order valence-electron chi connectivity index (χ1n) is 5.85. The zero-order valence-electron chi connectivity index (χ0n) is 9.72. The summed E-state index contributed by atoms with van der Waals surface area (Å²) in [6, 6.07) is 4.52. The summed E-state index contributed by atoms with van der Waals surface area (Å²) in [6.45, 7) is 5.19. The zero-order valence-corrected chi connectivity index (χ0v) is 9.72. The molecule has 1 aliphatic rings. The standard InChI is InChI=1S/C12H19N3O/c1-2-10-9-16-7-6-15(10)12-4-3-5-14-11(12)8-13/h3-5,10H,2,6-9,13H2,1H3. The Morgan fingerprint density at radius 1 is 1.62 bits per heavy atom. The second-order valence-corrected chi connectivity index (χ2v) is 4.00. The second-order valence-electron chi connectivity index (χ2n) is 4.00. The quantitative estimate of drug-likeness (QED) is 0.832. The Labute approximate surface area is 96.4 Å². The molecule has 4 nitrogen and oxygen atoms in total. The largest absolute Gasteiger partial charge is 0.377 e. The van der Waals surface area contributed by atoms with Crippen molar-refractivity contribution in [2.24, 2.45) is 5.73 Å². The first kappa shape index (κ1) is 11.4. The van der Waals surface area contributed by atoms with E-state index in [1.165, 1.54) is 5.69 Å². The molecule has 1 aliphatic heterocycles. The molecule has 0 spiro atoms. The van der Waals surface area contributed by atoms with Gasteiger partial charge in [-0.25, -0.2) is 0 Å². The van der Waals surface area contributed by atoms with Crippen molar-refractivity contribution in [1.82, 2.24) is 4.98 Å². The van der Waals surface area contributed by atoms with E-state index in [4.69, 9.17) is 10.5 Å². The fourth-order valence-corrected chi connectivity index (χ4v) is 2.16. The lowest BCUT2D eigenvalue weighted by Gasteiger charge is -2.37. The van der Waals surface area contributed by atoms with Gasteiger partial charge >= 0.3 is 0 Å². The summed E-state index contributed by atoms with van der Waals surface area (Å²) in [5.41, 5.74) is 7.87. The van der Waals surface area contributed by atoms with Crippen LogP contribution in [-0.4, -0.2) is 30.8 Å². The number of morpholine rings is 1. The zero-order chi connectivity index (χ0) is 11.4. The lowest BCUT2D eigenvalue weighted by molar-refractivity contribution is 0.0928. The van der Waals surface area contributed by atoms with E-state index in [0.717, 1.165) is 31.9 Å². The SMILES string of the molecule is CCC1COCCN1c1cccnc1CN. The van der Waals surface area contributed by atoms with Crippen LogP contribution < -0.4 is 10.6 Å². The molecule has 2 heterocycles. The number of rotatable bonds is 3. The molecule has 16 heavy (non-hydrogen) atoms. The van der Waals surface area contributed by atoms with E-state index in [0.29, 0.717) is 12.6 Å². The Balaban J connectivity index is 2.26. The number of pyridine rings is 1. The first-order valence-corrected chi connectivity index (χ1v) is 5.85. The van der Waals surface area contributed by atoms with Gasteiger partial charge in [0, 0.05) is 19.3 Å². The minimum Gasteiger partial charge on any atom is -0.377 e. The number of anilines is 1. The highest BCUT2D eigenvalue weighted by atomic mass is 16.5. The maximum absolute atomic E-state index is 5.72. The summed E-state index contributed by atoms with van der Waals surface area (Å²) < 4.78 is 5.50. The minimum absolute atomic E-state index is 0.447. The average Bonchev–Trinajstić information content (AvgIpc) is 2.38. The van der Waals surface area contributed by atoms with Gasteiger partial charge in [0.05, 0.1) is 30.6 Å². The predicted octanol–water partition coefficient (Wildman–Crippen LogP) is 1.16. The Hall–Kier alpha value is -1.13. The van der Waals surface area contributed by atoms with Crippen molar-refractivity contribution in [2.45, 2.75) is 25.9 Å². The van der Waals surface area contributed by atoms with Crippen LogP contribution in [0.2, 0.25) is 0 Å². The van der Waals surface area contributed by atoms with Crippen molar-refractivity contribution < 1.29 is 4.74 Å². The van der Waals surface area contributed by atoms with Crippen LogP contribution in [0.1, 0.15) is 19.0 Å². The van der Waals surface area contributed by atoms with Gasteiger partial charge in [-0.1, -0.05) is 6.92 Å². The minimum atomic E-state index is 0.447. The molecule has 88 valence electrons. The van der Waals surface area contributed by atoms with Crippen molar-refractivity contribution in [3.8, 4) is 0 Å². The Morgan fingerprint density at radius 3 is 3.25 bits per heavy atom. The van der Waals surface area contributed by atoms with Crippen LogP contribution >= 0.6 is 0 Å². The third-order valence-electron chi connectivity index (χ3n) is 3.07. The fraction of sp³-hybridized carbons (Fsp3) is 0.583. The first-order chi connectivity index (χ1) is 7.86. The number of ether oxygens (including phenoxy) is 1. The maximum Gasteiger partial charge on any atom is 0.0772 e. The van der Waals surface area contributed by atoms with Crippen LogP contribution in [0.5, 0.6) is 0 Å². The molecule has 4 heteroatoms. The van der Waals surface area contributed by atoms with E-state index in [1.54, 1.807) is 6.20 Å². The topological polar surface area (TPSA) is 51.4 Å². The van der Waals surface area contributed by atoms with Crippen LogP contribution in [0.4, 0.5) is 5.69 Å². The summed E-state index contributed by atoms with van der Waals surface area (Å²) in [7, 11) is 0. The molecule has 1 aromatic heterocycles. The third-order valence-corrected chi connectivity index (χ3v) is 3.07. The summed E-state index contributed by atoms with van der Waals surface area (Å²) >= 11 is 0. The number of hydrogen-bond acceptors (Lipinski definition) is 4. The van der Waals surface area contributed by atoms with Gasteiger partial charge in [-0.3, -0.25) is 4.98 Å². The third kappa shape index (κ3) is 2.18. The fourth-order valence-electron chi connectivity index (χ4n) is 2.16. The number of nitrogens with zero attached hydrogens (tertiary/aromatic N) is 2. The van der Waals surface area contributed by atoms with Gasteiger partial charge in [0.1, 0.15) is 0 Å². The van der Waals surface area contributed by atoms with E-state index in [-0.39, 0.29) is 0 Å². The van der Waals surface area contributed by atoms with Gasteiger partial charge in [0.25, 0.3) is 0 Å². The highest BCUT2D eigenvalue weighted by molar-refractivity contribution is 5.51. The Kier molecular flexibility index (Phi) is 3.74. The van der Waals surface area contributed by atoms with Crippen molar-refractivity contribution >= 4 is 5.69 Å². The molecule has 0 saturated carbocycles. The molecule has 0 aliphatic carbocycles. The summed E-state index contributed by atoms with van der Waals surface area (Å²) in [5.74, 6) is 0. The van der Waals surface area contributed by atoms with Gasteiger partial charge in [0.2, 0.25) is 0 Å². The molecular formula is C12H19N3O. The van der Waals surface area contributed by atoms with Crippen LogP contribution in [-0.2, 0) is 11.3 Å². The Bertz CT molecular complexity index is 343. The highest BCUT2D eigenvalue weighted by Crippen LogP contribution is 2.23. The molecule has 2 N–H and O–H groups in total. The molecule has 1 aromatic rings. The van der Waals surface area contributed by atoms with E-state index in [2.05, 4.69) is 22.9 Å². The van der Waals surface area contributed by atoms with Gasteiger partial charge < -0.3 is 15.4 Å². The monoisotopic (exact) mass is 221 g/mol. The lowest BCUT2D eigenvalue weighted by Crippen LogP contribution is -2.45. The van der Waals surface area contributed by atoms with Crippen molar-refractivity contribution in [1.29, 1.82) is 0 Å². The Morgan fingerprint density at radius 2 is 2.50 bits per heavy atom. The summed E-state index contributed by atoms with van der Waals surface area (Å²) in [6.07, 6.45) is 2.88. The second kappa shape index (κ2) is 5.27. The van der Waals surface area contributed by atoms with E-state index < -0.39 is 0 Å². The molecular weight excluding hydrogens is 202 g/mol. The summed E-state index contributed by atoms with van der Waals surface area (Å²) in [5, 5.41) is 0. The van der Waals surface area contributed by atoms with Gasteiger partial charge in [0.15, 0.2) is 0 Å². The molecule has 1 atom stereocenters. The van der Waals surface area contributed by atoms with Gasteiger partial charge in [-0.05, 0) is 18.6 Å². The highest BCUT2D eigenvalue weighted by Gasteiger charge is 2.23. The van der Waals surface area contributed by atoms with Crippen molar-refractivity contribution in [3.05, 3.63) is 24.0 Å². The van der Waals surface area contributed by atoms with Gasteiger partial charge in [-0.2, -0.15) is 0 Å². The normalized spacial score (nSPS) is 21.1. The molecule has 0 bridgehead atoms. The van der Waals surface area contributed by atoms with Crippen molar-refractivity contribution in [3.63, 3.8) is 0 Å². The molecule has 0 amide bonds. The molecule has 0 aromatic carbocycles. The van der Waals surface area contributed by atoms with Crippen molar-refractivity contribution in [2.75, 3.05) is 24.7 Å². The van der Waals surface area contributed by atoms with Crippen LogP contribution in [0.3, 0.4) is 0 Å². The lowest BCUT2D eigenvalue weighted by atomic mass is 10.1. The van der Waals surface area contributed by atoms with Gasteiger partial charge in [-0.15, -0.1) is 0 Å². The van der Waals surface area contributed by atoms with E-state index in [1.807, 2.05) is 6.07 Å².